The molecule has 0 spiro atoms. The normalized spacial score (nSPS) is 11.8. The van der Waals surface area contributed by atoms with E-state index in [0.29, 0.717) is 11.3 Å². The van der Waals surface area contributed by atoms with Gasteiger partial charge < -0.3 is 10.1 Å². The first-order valence-electron chi connectivity index (χ1n) is 6.41. The number of ether oxygens (including phenoxy) is 1. The van der Waals surface area contributed by atoms with Crippen molar-refractivity contribution in [2.45, 2.75) is 13.0 Å². The summed E-state index contributed by atoms with van der Waals surface area (Å²) >= 11 is 0. The molecule has 1 atom stereocenters. The Morgan fingerprint density at radius 2 is 1.95 bits per heavy atom. The first kappa shape index (κ1) is 15.0. The van der Waals surface area contributed by atoms with Gasteiger partial charge >= 0.3 is 0 Å². The third-order valence-corrected chi connectivity index (χ3v) is 3.11. The van der Waals surface area contributed by atoms with Gasteiger partial charge in [0.1, 0.15) is 17.4 Å². The van der Waals surface area contributed by atoms with E-state index >= 15 is 0 Å². The van der Waals surface area contributed by atoms with Crippen LogP contribution in [0.2, 0.25) is 0 Å². The van der Waals surface area contributed by atoms with Gasteiger partial charge in [0.15, 0.2) is 0 Å². The van der Waals surface area contributed by atoms with Crippen LogP contribution in [0, 0.1) is 11.6 Å². The molecule has 0 saturated heterocycles. The van der Waals surface area contributed by atoms with Crippen LogP contribution in [0.15, 0.2) is 42.5 Å². The Labute approximate surface area is 121 Å². The summed E-state index contributed by atoms with van der Waals surface area (Å²) in [5.74, 6) is -1.13. The minimum atomic E-state index is -0.687. The molecule has 5 heteroatoms. The quantitative estimate of drug-likeness (QED) is 0.936. The molecule has 0 fully saturated rings. The number of benzene rings is 2. The first-order valence-corrected chi connectivity index (χ1v) is 6.41. The smallest absolute Gasteiger partial charge is 0.251 e. The second kappa shape index (κ2) is 6.35. The number of hydrogen-bond donors (Lipinski definition) is 1. The lowest BCUT2D eigenvalue weighted by molar-refractivity contribution is 0.0939. The lowest BCUT2D eigenvalue weighted by atomic mass is 10.1. The summed E-state index contributed by atoms with van der Waals surface area (Å²) in [7, 11) is 1.51. The van der Waals surface area contributed by atoms with E-state index in [2.05, 4.69) is 5.32 Å². The Balaban J connectivity index is 2.14. The maximum atomic E-state index is 13.7. The van der Waals surface area contributed by atoms with Crippen LogP contribution in [0.1, 0.15) is 28.9 Å². The minimum absolute atomic E-state index is 0.229. The zero-order valence-corrected chi connectivity index (χ0v) is 11.7. The summed E-state index contributed by atoms with van der Waals surface area (Å²) < 4.78 is 31.6. The Morgan fingerprint density at radius 3 is 2.62 bits per heavy atom. The molecule has 2 rings (SSSR count). The van der Waals surface area contributed by atoms with Crippen molar-refractivity contribution >= 4 is 5.91 Å². The van der Waals surface area contributed by atoms with Crippen molar-refractivity contribution in [3.05, 3.63) is 65.2 Å². The zero-order valence-electron chi connectivity index (χ0n) is 11.7. The van der Waals surface area contributed by atoms with Gasteiger partial charge in [0.25, 0.3) is 5.91 Å². The SMILES string of the molecule is COc1cccc(C(=O)N[C@@H](C)c2ccc(F)cc2F)c1. The molecule has 1 N–H and O–H groups in total. The van der Waals surface area contributed by atoms with Crippen LogP contribution < -0.4 is 10.1 Å². The Bertz CT molecular complexity index is 658. The molecule has 2 aromatic carbocycles. The van der Waals surface area contributed by atoms with Gasteiger partial charge in [-0.2, -0.15) is 0 Å². The van der Waals surface area contributed by atoms with Crippen molar-refractivity contribution in [1.82, 2.24) is 5.32 Å². The molecule has 0 aliphatic heterocycles. The standard InChI is InChI=1S/C16H15F2NO2/c1-10(14-7-6-12(17)9-15(14)18)19-16(20)11-4-3-5-13(8-11)21-2/h3-10H,1-2H3,(H,19,20)/t10-/m0/s1. The minimum Gasteiger partial charge on any atom is -0.497 e. The average molecular weight is 291 g/mol. The summed E-state index contributed by atoms with van der Waals surface area (Å²) in [6, 6.07) is 9.33. The molecule has 0 bridgehead atoms. The van der Waals surface area contributed by atoms with Crippen molar-refractivity contribution in [3.63, 3.8) is 0 Å². The van der Waals surface area contributed by atoms with Crippen LogP contribution in [-0.2, 0) is 0 Å². The molecular formula is C16H15F2NO2. The highest BCUT2D eigenvalue weighted by Gasteiger charge is 2.15. The predicted octanol–water partition coefficient (Wildman–Crippen LogP) is 3.46. The van der Waals surface area contributed by atoms with Gasteiger partial charge in [0, 0.05) is 17.2 Å². The average Bonchev–Trinajstić information content (AvgIpc) is 2.47. The third-order valence-electron chi connectivity index (χ3n) is 3.11. The molecule has 3 nitrogen and oxygen atoms in total. The van der Waals surface area contributed by atoms with Crippen LogP contribution in [0.5, 0.6) is 5.75 Å². The van der Waals surface area contributed by atoms with Crippen molar-refractivity contribution in [2.75, 3.05) is 7.11 Å². The summed E-state index contributed by atoms with van der Waals surface area (Å²) in [5, 5.41) is 2.67. The van der Waals surface area contributed by atoms with E-state index in [1.165, 1.54) is 13.2 Å². The van der Waals surface area contributed by atoms with E-state index in [1.807, 2.05) is 0 Å². The number of methoxy groups -OCH3 is 1. The molecule has 21 heavy (non-hydrogen) atoms. The van der Waals surface area contributed by atoms with Crippen molar-refractivity contribution < 1.29 is 18.3 Å². The molecule has 0 saturated carbocycles. The van der Waals surface area contributed by atoms with Gasteiger partial charge in [0.2, 0.25) is 0 Å². The fraction of sp³-hybridized carbons (Fsp3) is 0.188. The molecule has 0 aliphatic carbocycles. The largest absolute Gasteiger partial charge is 0.497 e. The number of halogens is 2. The topological polar surface area (TPSA) is 38.3 Å². The number of carbonyl (C=O) groups excluding carboxylic acids is 1. The number of amides is 1. The van der Waals surface area contributed by atoms with Crippen LogP contribution in [-0.4, -0.2) is 13.0 Å². The number of hydrogen-bond acceptors (Lipinski definition) is 2. The highest BCUT2D eigenvalue weighted by molar-refractivity contribution is 5.94. The second-order valence-electron chi connectivity index (χ2n) is 4.59. The fourth-order valence-electron chi connectivity index (χ4n) is 1.97. The van der Waals surface area contributed by atoms with E-state index in [4.69, 9.17) is 4.74 Å². The lowest BCUT2D eigenvalue weighted by Gasteiger charge is -2.15. The molecule has 0 radical (unpaired) electrons. The van der Waals surface area contributed by atoms with Crippen LogP contribution in [0.4, 0.5) is 8.78 Å². The van der Waals surface area contributed by atoms with E-state index in [-0.39, 0.29) is 11.5 Å². The lowest BCUT2D eigenvalue weighted by Crippen LogP contribution is -2.27. The van der Waals surface area contributed by atoms with Crippen LogP contribution in [0.3, 0.4) is 0 Å². The Kier molecular flexibility index (Phi) is 4.52. The summed E-state index contributed by atoms with van der Waals surface area (Å²) in [5.41, 5.74) is 0.636. The number of rotatable bonds is 4. The van der Waals surface area contributed by atoms with E-state index in [9.17, 15) is 13.6 Å². The first-order chi connectivity index (χ1) is 10.0. The van der Waals surface area contributed by atoms with Gasteiger partial charge in [-0.1, -0.05) is 12.1 Å². The van der Waals surface area contributed by atoms with Crippen molar-refractivity contribution in [3.8, 4) is 5.75 Å². The van der Waals surface area contributed by atoms with E-state index in [1.54, 1.807) is 31.2 Å². The highest BCUT2D eigenvalue weighted by atomic mass is 19.1. The number of carbonyl (C=O) groups is 1. The van der Waals surface area contributed by atoms with Crippen LogP contribution >= 0.6 is 0 Å². The summed E-state index contributed by atoms with van der Waals surface area (Å²) in [4.78, 5) is 12.1. The maximum absolute atomic E-state index is 13.7. The maximum Gasteiger partial charge on any atom is 0.251 e. The summed E-state index contributed by atoms with van der Waals surface area (Å²) in [6.45, 7) is 1.63. The molecule has 2 aromatic rings. The second-order valence-corrected chi connectivity index (χ2v) is 4.59. The van der Waals surface area contributed by atoms with E-state index < -0.39 is 17.7 Å². The third kappa shape index (κ3) is 3.56. The molecule has 1 amide bonds. The monoisotopic (exact) mass is 291 g/mol. The predicted molar refractivity (Wildman–Crippen MR) is 75.2 cm³/mol. The van der Waals surface area contributed by atoms with Gasteiger partial charge in [-0.3, -0.25) is 4.79 Å². The van der Waals surface area contributed by atoms with Crippen molar-refractivity contribution in [1.29, 1.82) is 0 Å². The molecule has 0 aromatic heterocycles. The molecule has 0 heterocycles. The molecule has 0 unspecified atom stereocenters. The van der Waals surface area contributed by atoms with Crippen LogP contribution in [0.25, 0.3) is 0 Å². The van der Waals surface area contributed by atoms with Crippen molar-refractivity contribution in [2.24, 2.45) is 0 Å². The van der Waals surface area contributed by atoms with Gasteiger partial charge in [-0.05, 0) is 31.2 Å². The Morgan fingerprint density at radius 1 is 1.19 bits per heavy atom. The van der Waals surface area contributed by atoms with Gasteiger partial charge in [-0.25, -0.2) is 8.78 Å². The highest BCUT2D eigenvalue weighted by Crippen LogP contribution is 2.19. The zero-order chi connectivity index (χ0) is 15.4. The number of nitrogens with one attached hydrogen (secondary N) is 1. The van der Waals surface area contributed by atoms with Gasteiger partial charge in [-0.15, -0.1) is 0 Å². The molecule has 110 valence electrons. The Hall–Kier alpha value is -2.43. The van der Waals surface area contributed by atoms with E-state index in [0.717, 1.165) is 12.1 Å². The summed E-state index contributed by atoms with van der Waals surface area (Å²) in [6.07, 6.45) is 0. The fourth-order valence-corrected chi connectivity index (χ4v) is 1.97. The van der Waals surface area contributed by atoms with Gasteiger partial charge in [0.05, 0.1) is 13.2 Å². The molecular weight excluding hydrogens is 276 g/mol. The molecule has 0 aliphatic rings.